The Bertz CT molecular complexity index is 694. The minimum atomic E-state index is -3.50. The molecule has 0 aliphatic heterocycles. The van der Waals surface area contributed by atoms with Crippen LogP contribution in [0, 0.1) is 0 Å². The van der Waals surface area contributed by atoms with Crippen LogP contribution in [0.1, 0.15) is 62.2 Å². The first-order chi connectivity index (χ1) is 12.0. The molecular weight excluding hydrogens is 336 g/mol. The van der Waals surface area contributed by atoms with E-state index in [1.165, 1.54) is 30.5 Å². The maximum absolute atomic E-state index is 12.2. The van der Waals surface area contributed by atoms with Gasteiger partial charge in [0.1, 0.15) is 0 Å². The third-order valence-electron chi connectivity index (χ3n) is 4.37. The molecule has 2 rings (SSSR count). The predicted octanol–water partition coefficient (Wildman–Crippen LogP) is 3.39. The summed E-state index contributed by atoms with van der Waals surface area (Å²) in [6.45, 7) is 3.05. The van der Waals surface area contributed by atoms with Gasteiger partial charge in [0.05, 0.1) is 4.90 Å². The third-order valence-corrected chi connectivity index (χ3v) is 5.84. The highest BCUT2D eigenvalue weighted by atomic mass is 32.2. The molecule has 1 aromatic rings. The zero-order chi connectivity index (χ0) is 18.1. The van der Waals surface area contributed by atoms with Crippen LogP contribution >= 0.6 is 0 Å². The molecule has 0 spiro atoms. The first-order valence-corrected chi connectivity index (χ1v) is 10.6. The van der Waals surface area contributed by atoms with Gasteiger partial charge in [0.2, 0.25) is 10.0 Å². The number of nitrogens with one attached hydrogen (secondary N) is 2. The molecule has 0 radical (unpaired) electrons. The molecule has 5 nitrogen and oxygen atoms in total. The number of hydrogen-bond acceptors (Lipinski definition) is 3. The van der Waals surface area contributed by atoms with E-state index in [9.17, 15) is 13.2 Å². The van der Waals surface area contributed by atoms with Crippen LogP contribution in [0.15, 0.2) is 40.8 Å². The molecule has 0 aromatic heterocycles. The van der Waals surface area contributed by atoms with Gasteiger partial charge in [0, 0.05) is 18.7 Å². The van der Waals surface area contributed by atoms with E-state index >= 15 is 0 Å². The first kappa shape index (κ1) is 19.7. The molecule has 0 saturated carbocycles. The van der Waals surface area contributed by atoms with Crippen molar-refractivity contribution in [3.63, 3.8) is 0 Å². The van der Waals surface area contributed by atoms with Crippen LogP contribution in [0.25, 0.3) is 0 Å². The smallest absolute Gasteiger partial charge is 0.251 e. The molecule has 6 heteroatoms. The number of carbonyl (C=O) groups excluding carboxylic acids is 1. The lowest BCUT2D eigenvalue weighted by atomic mass is 9.97. The zero-order valence-electron chi connectivity index (χ0n) is 14.9. The summed E-state index contributed by atoms with van der Waals surface area (Å²) in [7, 11) is -3.50. The molecule has 1 amide bonds. The molecular formula is C19H28N2O3S. The molecule has 1 aromatic carbocycles. The van der Waals surface area contributed by atoms with Crippen LogP contribution in [0.2, 0.25) is 0 Å². The first-order valence-electron chi connectivity index (χ1n) is 9.09. The van der Waals surface area contributed by atoms with E-state index < -0.39 is 10.0 Å². The van der Waals surface area contributed by atoms with Crippen molar-refractivity contribution in [3.8, 4) is 0 Å². The maximum atomic E-state index is 12.2. The number of allylic oxidation sites excluding steroid dienone is 1. The Morgan fingerprint density at radius 3 is 2.52 bits per heavy atom. The van der Waals surface area contributed by atoms with Crippen LogP contribution < -0.4 is 10.0 Å². The van der Waals surface area contributed by atoms with Crippen molar-refractivity contribution in [2.75, 3.05) is 13.1 Å². The van der Waals surface area contributed by atoms with Gasteiger partial charge >= 0.3 is 0 Å². The maximum Gasteiger partial charge on any atom is 0.251 e. The van der Waals surface area contributed by atoms with Crippen LogP contribution in [-0.2, 0) is 10.0 Å². The van der Waals surface area contributed by atoms with Crippen LogP contribution in [-0.4, -0.2) is 27.4 Å². The number of rotatable bonds is 9. The fraction of sp³-hybridized carbons (Fsp3) is 0.526. The van der Waals surface area contributed by atoms with Crippen LogP contribution in [0.3, 0.4) is 0 Å². The van der Waals surface area contributed by atoms with Gasteiger partial charge in [-0.05, 0) is 62.8 Å². The summed E-state index contributed by atoms with van der Waals surface area (Å²) in [6.07, 6.45) is 9.68. The SMILES string of the molecule is CCCCNS(=O)(=O)c1ccc(C(=O)NCCC2=CCCCC2)cc1. The van der Waals surface area contributed by atoms with E-state index in [1.807, 2.05) is 6.92 Å². The van der Waals surface area contributed by atoms with E-state index in [0.29, 0.717) is 18.7 Å². The highest BCUT2D eigenvalue weighted by Crippen LogP contribution is 2.19. The average Bonchev–Trinajstić information content (AvgIpc) is 2.63. The van der Waals surface area contributed by atoms with Crippen molar-refractivity contribution in [3.05, 3.63) is 41.5 Å². The third kappa shape index (κ3) is 6.29. The van der Waals surface area contributed by atoms with Gasteiger partial charge in [-0.25, -0.2) is 13.1 Å². The van der Waals surface area contributed by atoms with E-state index in [2.05, 4.69) is 16.1 Å². The minimum absolute atomic E-state index is 0.167. The summed E-state index contributed by atoms with van der Waals surface area (Å²) in [5.41, 5.74) is 1.90. The van der Waals surface area contributed by atoms with E-state index in [1.54, 1.807) is 12.1 Å². The molecule has 0 atom stereocenters. The fourth-order valence-corrected chi connectivity index (χ4v) is 3.90. The lowest BCUT2D eigenvalue weighted by Crippen LogP contribution is -2.26. The van der Waals surface area contributed by atoms with Crippen molar-refractivity contribution >= 4 is 15.9 Å². The molecule has 0 fully saturated rings. The topological polar surface area (TPSA) is 75.3 Å². The van der Waals surface area contributed by atoms with Gasteiger partial charge in [-0.15, -0.1) is 0 Å². The molecule has 0 saturated heterocycles. The van der Waals surface area contributed by atoms with E-state index in [0.717, 1.165) is 32.1 Å². The molecule has 2 N–H and O–H groups in total. The molecule has 0 unspecified atom stereocenters. The second-order valence-corrected chi connectivity index (χ2v) is 8.16. The van der Waals surface area contributed by atoms with Crippen molar-refractivity contribution in [1.29, 1.82) is 0 Å². The number of unbranched alkanes of at least 4 members (excludes halogenated alkanes) is 1. The number of carbonyl (C=O) groups is 1. The second-order valence-electron chi connectivity index (χ2n) is 6.39. The summed E-state index contributed by atoms with van der Waals surface area (Å²) in [6, 6.07) is 6.08. The molecule has 0 heterocycles. The Labute approximate surface area is 151 Å². The van der Waals surface area contributed by atoms with Gasteiger partial charge < -0.3 is 5.32 Å². The van der Waals surface area contributed by atoms with Gasteiger partial charge in [-0.1, -0.05) is 25.0 Å². The summed E-state index contributed by atoms with van der Waals surface area (Å²) in [5.74, 6) is -0.167. The average molecular weight is 365 g/mol. The standard InChI is InChI=1S/C19H28N2O3S/c1-2-3-14-21-25(23,24)18-11-9-17(10-12-18)19(22)20-15-13-16-7-5-4-6-8-16/h7,9-12,21H,2-6,8,13-15H2,1H3,(H,20,22). The zero-order valence-corrected chi connectivity index (χ0v) is 15.7. The Morgan fingerprint density at radius 1 is 1.12 bits per heavy atom. The summed E-state index contributed by atoms with van der Waals surface area (Å²) in [4.78, 5) is 12.4. The summed E-state index contributed by atoms with van der Waals surface area (Å²) < 4.78 is 26.8. The number of sulfonamides is 1. The van der Waals surface area contributed by atoms with Gasteiger partial charge in [0.15, 0.2) is 0 Å². The van der Waals surface area contributed by atoms with Crippen molar-refractivity contribution < 1.29 is 13.2 Å². The molecule has 1 aliphatic carbocycles. The highest BCUT2D eigenvalue weighted by molar-refractivity contribution is 7.89. The van der Waals surface area contributed by atoms with E-state index in [4.69, 9.17) is 0 Å². The van der Waals surface area contributed by atoms with E-state index in [-0.39, 0.29) is 10.8 Å². The minimum Gasteiger partial charge on any atom is -0.352 e. The van der Waals surface area contributed by atoms with Crippen molar-refractivity contribution in [1.82, 2.24) is 10.0 Å². The molecule has 25 heavy (non-hydrogen) atoms. The normalized spacial score (nSPS) is 14.8. The monoisotopic (exact) mass is 364 g/mol. The Morgan fingerprint density at radius 2 is 1.88 bits per heavy atom. The van der Waals surface area contributed by atoms with Gasteiger partial charge in [0.25, 0.3) is 5.91 Å². The number of hydrogen-bond donors (Lipinski definition) is 2. The summed E-state index contributed by atoms with van der Waals surface area (Å²) in [5, 5.41) is 2.90. The number of amides is 1. The quantitative estimate of drug-likeness (QED) is 0.521. The largest absolute Gasteiger partial charge is 0.352 e. The van der Waals surface area contributed by atoms with Crippen molar-refractivity contribution in [2.24, 2.45) is 0 Å². The van der Waals surface area contributed by atoms with Crippen LogP contribution in [0.4, 0.5) is 0 Å². The highest BCUT2D eigenvalue weighted by Gasteiger charge is 2.14. The predicted molar refractivity (Wildman–Crippen MR) is 100 cm³/mol. The van der Waals surface area contributed by atoms with Gasteiger partial charge in [-0.3, -0.25) is 4.79 Å². The van der Waals surface area contributed by atoms with Gasteiger partial charge in [-0.2, -0.15) is 0 Å². The molecule has 138 valence electrons. The Kier molecular flexibility index (Phi) is 7.65. The molecule has 1 aliphatic rings. The second kappa shape index (κ2) is 9.73. The van der Waals surface area contributed by atoms with Crippen LogP contribution in [0.5, 0.6) is 0 Å². The lowest BCUT2D eigenvalue weighted by Gasteiger charge is -2.13. The lowest BCUT2D eigenvalue weighted by molar-refractivity contribution is 0.0954. The Balaban J connectivity index is 1.85. The summed E-state index contributed by atoms with van der Waals surface area (Å²) >= 11 is 0. The Hall–Kier alpha value is -1.66. The fourth-order valence-electron chi connectivity index (χ4n) is 2.82. The number of benzene rings is 1. The van der Waals surface area contributed by atoms with Crippen molar-refractivity contribution in [2.45, 2.75) is 56.8 Å². The molecule has 0 bridgehead atoms.